The van der Waals surface area contributed by atoms with Crippen LogP contribution in [0.15, 0.2) is 0 Å². The number of likely N-dealkylation sites (N-methyl/N-ethyl adjacent to an activating group) is 1. The molecule has 0 spiro atoms. The van der Waals surface area contributed by atoms with Gasteiger partial charge in [0, 0.05) is 27.7 Å². The van der Waals surface area contributed by atoms with Gasteiger partial charge in [-0.05, 0) is 19.3 Å². The molecule has 2 rings (SSSR count). The fourth-order valence-electron chi connectivity index (χ4n) is 2.92. The number of hydrogen-bond donors (Lipinski definition) is 1. The number of nitrogens with two attached hydrogens (primary N) is 1. The quantitative estimate of drug-likeness (QED) is 0.893. The second-order valence-corrected chi connectivity index (χ2v) is 5.64. The van der Waals surface area contributed by atoms with Crippen molar-refractivity contribution in [1.82, 2.24) is 14.7 Å². The largest absolute Gasteiger partial charge is 0.394 e. The molecule has 1 saturated heterocycles. The van der Waals surface area contributed by atoms with Crippen LogP contribution in [0.25, 0.3) is 0 Å². The summed E-state index contributed by atoms with van der Waals surface area (Å²) in [5, 5.41) is 4.51. The van der Waals surface area contributed by atoms with Crippen molar-refractivity contribution >= 4 is 17.4 Å². The van der Waals surface area contributed by atoms with E-state index in [1.807, 2.05) is 11.7 Å². The second-order valence-electron chi connectivity index (χ2n) is 5.64. The van der Waals surface area contributed by atoms with Crippen LogP contribution in [0, 0.1) is 0 Å². The van der Waals surface area contributed by atoms with E-state index in [-0.39, 0.29) is 11.9 Å². The molecule has 0 saturated carbocycles. The van der Waals surface area contributed by atoms with Gasteiger partial charge in [0.15, 0.2) is 5.82 Å². The molecule has 1 fully saturated rings. The molecule has 20 heavy (non-hydrogen) atoms. The van der Waals surface area contributed by atoms with Crippen LogP contribution < -0.4 is 10.6 Å². The first kappa shape index (κ1) is 14.7. The minimum absolute atomic E-state index is 0.114. The fraction of sp³-hybridized carbons (Fsp3) is 0.714. The molecule has 1 aromatic rings. The molecule has 6 heteroatoms. The van der Waals surface area contributed by atoms with Gasteiger partial charge < -0.3 is 15.5 Å². The van der Waals surface area contributed by atoms with E-state index in [9.17, 15) is 4.79 Å². The highest BCUT2D eigenvalue weighted by atomic mass is 16.2. The number of rotatable bonds is 4. The number of amides is 1. The third-order valence-corrected chi connectivity index (χ3v) is 3.87. The number of aryl methyl sites for hydroxylation is 2. The topological polar surface area (TPSA) is 67.4 Å². The van der Waals surface area contributed by atoms with E-state index in [2.05, 4.69) is 16.9 Å². The van der Waals surface area contributed by atoms with Crippen LogP contribution >= 0.6 is 0 Å². The lowest BCUT2D eigenvalue weighted by atomic mass is 10.2. The van der Waals surface area contributed by atoms with Crippen molar-refractivity contribution in [2.75, 3.05) is 31.3 Å². The zero-order valence-electron chi connectivity index (χ0n) is 12.9. The first-order valence-electron chi connectivity index (χ1n) is 7.26. The van der Waals surface area contributed by atoms with Crippen molar-refractivity contribution in [3.05, 3.63) is 5.69 Å². The molecule has 1 atom stereocenters. The van der Waals surface area contributed by atoms with Gasteiger partial charge in [-0.3, -0.25) is 9.48 Å². The van der Waals surface area contributed by atoms with Crippen LogP contribution in [-0.2, 0) is 18.3 Å². The third-order valence-electron chi connectivity index (χ3n) is 3.87. The first-order valence-corrected chi connectivity index (χ1v) is 7.26. The third kappa shape index (κ3) is 2.46. The van der Waals surface area contributed by atoms with Gasteiger partial charge in [0.25, 0.3) is 0 Å². The van der Waals surface area contributed by atoms with Crippen LogP contribution in [0.5, 0.6) is 0 Å². The average molecular weight is 279 g/mol. The molecule has 1 amide bonds. The van der Waals surface area contributed by atoms with Gasteiger partial charge in [-0.1, -0.05) is 13.3 Å². The lowest BCUT2D eigenvalue weighted by Crippen LogP contribution is -2.43. The average Bonchev–Trinajstić information content (AvgIpc) is 2.95. The van der Waals surface area contributed by atoms with E-state index in [0.717, 1.165) is 49.4 Å². The Labute approximate surface area is 120 Å². The maximum Gasteiger partial charge on any atom is 0.244 e. The van der Waals surface area contributed by atoms with Crippen molar-refractivity contribution in [3.63, 3.8) is 0 Å². The molecule has 112 valence electrons. The van der Waals surface area contributed by atoms with Crippen LogP contribution in [0.2, 0.25) is 0 Å². The first-order chi connectivity index (χ1) is 9.47. The van der Waals surface area contributed by atoms with Gasteiger partial charge in [-0.2, -0.15) is 5.10 Å². The maximum atomic E-state index is 12.3. The Morgan fingerprint density at radius 1 is 1.50 bits per heavy atom. The van der Waals surface area contributed by atoms with E-state index in [4.69, 9.17) is 5.73 Å². The number of anilines is 2. The van der Waals surface area contributed by atoms with E-state index in [1.165, 1.54) is 0 Å². The highest BCUT2D eigenvalue weighted by Gasteiger charge is 2.35. The molecule has 1 aliphatic heterocycles. The van der Waals surface area contributed by atoms with E-state index in [1.54, 1.807) is 19.0 Å². The van der Waals surface area contributed by atoms with Crippen LogP contribution in [0.1, 0.15) is 31.9 Å². The minimum Gasteiger partial charge on any atom is -0.394 e. The molecule has 0 radical (unpaired) electrons. The predicted molar refractivity (Wildman–Crippen MR) is 80.7 cm³/mol. The summed E-state index contributed by atoms with van der Waals surface area (Å²) in [6.07, 6.45) is 3.78. The predicted octanol–water partition coefficient (Wildman–Crippen LogP) is 1.01. The summed E-state index contributed by atoms with van der Waals surface area (Å²) in [6, 6.07) is -0.114. The van der Waals surface area contributed by atoms with Crippen molar-refractivity contribution in [3.8, 4) is 0 Å². The van der Waals surface area contributed by atoms with Crippen molar-refractivity contribution in [1.29, 1.82) is 0 Å². The smallest absolute Gasteiger partial charge is 0.244 e. The zero-order chi connectivity index (χ0) is 14.9. The summed E-state index contributed by atoms with van der Waals surface area (Å²) in [5.41, 5.74) is 7.93. The zero-order valence-corrected chi connectivity index (χ0v) is 12.9. The molecule has 1 aliphatic rings. The van der Waals surface area contributed by atoms with Gasteiger partial charge >= 0.3 is 0 Å². The normalized spacial score (nSPS) is 18.6. The van der Waals surface area contributed by atoms with E-state index < -0.39 is 0 Å². The molecule has 2 heterocycles. The van der Waals surface area contributed by atoms with Crippen molar-refractivity contribution in [2.24, 2.45) is 7.05 Å². The molecule has 1 unspecified atom stereocenters. The Morgan fingerprint density at radius 3 is 2.80 bits per heavy atom. The highest BCUT2D eigenvalue weighted by molar-refractivity contribution is 5.86. The lowest BCUT2D eigenvalue weighted by Gasteiger charge is -2.28. The lowest BCUT2D eigenvalue weighted by molar-refractivity contribution is -0.129. The summed E-state index contributed by atoms with van der Waals surface area (Å²) in [5.74, 6) is 1.03. The standard InChI is InChI=1S/C14H25N5O/c1-5-7-10-12(15)13(18(4)16-10)19-9-6-8-11(19)14(20)17(2)3/h11H,5-9,15H2,1-4H3. The molecule has 0 aromatic carbocycles. The van der Waals surface area contributed by atoms with Gasteiger partial charge in [-0.15, -0.1) is 0 Å². The number of hydrogen-bond acceptors (Lipinski definition) is 4. The van der Waals surface area contributed by atoms with E-state index in [0.29, 0.717) is 0 Å². The summed E-state index contributed by atoms with van der Waals surface area (Å²) >= 11 is 0. The second kappa shape index (κ2) is 5.73. The number of nitrogens with zero attached hydrogens (tertiary/aromatic N) is 4. The Hall–Kier alpha value is -1.72. The van der Waals surface area contributed by atoms with Gasteiger partial charge in [0.05, 0.1) is 11.4 Å². The molecule has 6 nitrogen and oxygen atoms in total. The summed E-state index contributed by atoms with van der Waals surface area (Å²) in [7, 11) is 5.50. The maximum absolute atomic E-state index is 12.3. The monoisotopic (exact) mass is 279 g/mol. The number of carbonyl (C=O) groups excluding carboxylic acids is 1. The molecular weight excluding hydrogens is 254 g/mol. The molecule has 2 N–H and O–H groups in total. The molecule has 0 bridgehead atoms. The Morgan fingerprint density at radius 2 is 2.20 bits per heavy atom. The van der Waals surface area contributed by atoms with Gasteiger partial charge in [0.1, 0.15) is 6.04 Å². The SMILES string of the molecule is CCCc1nn(C)c(N2CCCC2C(=O)N(C)C)c1N. The summed E-state index contributed by atoms with van der Waals surface area (Å²) in [4.78, 5) is 16.1. The highest BCUT2D eigenvalue weighted by Crippen LogP contribution is 2.33. The minimum atomic E-state index is -0.114. The Balaban J connectivity index is 2.33. The summed E-state index contributed by atoms with van der Waals surface area (Å²) < 4.78 is 1.82. The van der Waals surface area contributed by atoms with Crippen LogP contribution in [0.3, 0.4) is 0 Å². The number of carbonyl (C=O) groups is 1. The van der Waals surface area contributed by atoms with Crippen molar-refractivity contribution in [2.45, 2.75) is 38.6 Å². The van der Waals surface area contributed by atoms with E-state index >= 15 is 0 Å². The van der Waals surface area contributed by atoms with Crippen LogP contribution in [-0.4, -0.2) is 47.3 Å². The number of aromatic nitrogens is 2. The van der Waals surface area contributed by atoms with Crippen molar-refractivity contribution < 1.29 is 4.79 Å². The Bertz CT molecular complexity index is 494. The Kier molecular flexibility index (Phi) is 4.20. The number of nitrogen functional groups attached to an aromatic ring is 1. The van der Waals surface area contributed by atoms with Crippen LogP contribution in [0.4, 0.5) is 11.5 Å². The molecule has 0 aliphatic carbocycles. The fourth-order valence-corrected chi connectivity index (χ4v) is 2.92. The van der Waals surface area contributed by atoms with Gasteiger partial charge in [-0.25, -0.2) is 0 Å². The molecule has 1 aromatic heterocycles. The van der Waals surface area contributed by atoms with Gasteiger partial charge in [0.2, 0.25) is 5.91 Å². The molecular formula is C14H25N5O. The summed E-state index contributed by atoms with van der Waals surface area (Å²) in [6.45, 7) is 2.97.